The Balaban J connectivity index is 2.37. The Morgan fingerprint density at radius 3 is 2.44 bits per heavy atom. The minimum atomic E-state index is 0.577. The molecule has 3 heteroatoms. The number of nitrogens with two attached hydrogens (primary N) is 1. The Morgan fingerprint density at radius 1 is 1.28 bits per heavy atom. The lowest BCUT2D eigenvalue weighted by Crippen LogP contribution is -2.39. The van der Waals surface area contributed by atoms with Crippen molar-refractivity contribution in [3.05, 3.63) is 23.0 Å². The molecule has 0 spiro atoms. The number of aromatic nitrogens is 1. The van der Waals surface area contributed by atoms with Crippen molar-refractivity contribution >= 4 is 5.69 Å². The lowest BCUT2D eigenvalue weighted by atomic mass is 9.91. The van der Waals surface area contributed by atoms with Crippen molar-refractivity contribution in [2.24, 2.45) is 17.6 Å². The van der Waals surface area contributed by atoms with Crippen molar-refractivity contribution in [2.75, 3.05) is 18.0 Å². The van der Waals surface area contributed by atoms with E-state index in [2.05, 4.69) is 43.6 Å². The predicted octanol–water partition coefficient (Wildman–Crippen LogP) is 2.64. The number of aryl methyl sites for hydroxylation is 2. The lowest BCUT2D eigenvalue weighted by molar-refractivity contribution is 0.356. The van der Waals surface area contributed by atoms with E-state index in [1.165, 1.54) is 17.7 Å². The first-order valence-electron chi connectivity index (χ1n) is 6.93. The Labute approximate surface area is 110 Å². The van der Waals surface area contributed by atoms with Gasteiger partial charge in [-0.2, -0.15) is 0 Å². The van der Waals surface area contributed by atoms with Crippen LogP contribution in [0.1, 0.15) is 37.2 Å². The second-order valence-electron chi connectivity index (χ2n) is 5.90. The highest BCUT2D eigenvalue weighted by atomic mass is 15.1. The summed E-state index contributed by atoms with van der Waals surface area (Å²) < 4.78 is 0. The van der Waals surface area contributed by atoms with Crippen molar-refractivity contribution < 1.29 is 0 Å². The molecule has 1 aliphatic rings. The molecule has 2 heterocycles. The molecule has 1 fully saturated rings. The lowest BCUT2D eigenvalue weighted by Gasteiger charge is -2.38. The van der Waals surface area contributed by atoms with Gasteiger partial charge in [-0.25, -0.2) is 0 Å². The number of hydrogen-bond donors (Lipinski definition) is 1. The van der Waals surface area contributed by atoms with Gasteiger partial charge in [0, 0.05) is 42.3 Å². The van der Waals surface area contributed by atoms with E-state index in [-0.39, 0.29) is 0 Å². The van der Waals surface area contributed by atoms with Crippen LogP contribution >= 0.6 is 0 Å². The molecule has 2 atom stereocenters. The number of hydrogen-bond acceptors (Lipinski definition) is 3. The molecule has 2 N–H and O–H groups in total. The fraction of sp³-hybridized carbons (Fsp3) is 0.667. The third-order valence-electron chi connectivity index (χ3n) is 3.85. The molecule has 0 amide bonds. The van der Waals surface area contributed by atoms with Crippen LogP contribution in [0.4, 0.5) is 5.69 Å². The Morgan fingerprint density at radius 2 is 1.89 bits per heavy atom. The maximum absolute atomic E-state index is 5.91. The van der Waals surface area contributed by atoms with Crippen LogP contribution in [0.2, 0.25) is 0 Å². The van der Waals surface area contributed by atoms with Gasteiger partial charge in [0.15, 0.2) is 0 Å². The molecule has 1 aliphatic heterocycles. The van der Waals surface area contributed by atoms with Crippen LogP contribution in [-0.4, -0.2) is 18.1 Å². The molecule has 3 nitrogen and oxygen atoms in total. The van der Waals surface area contributed by atoms with E-state index < -0.39 is 0 Å². The smallest absolute Gasteiger partial charge is 0.0448 e. The Bertz CT molecular complexity index is 418. The average Bonchev–Trinajstić information content (AvgIpc) is 2.26. The van der Waals surface area contributed by atoms with Gasteiger partial charge in [-0.15, -0.1) is 0 Å². The zero-order chi connectivity index (χ0) is 13.3. The van der Waals surface area contributed by atoms with E-state index >= 15 is 0 Å². The van der Waals surface area contributed by atoms with Gasteiger partial charge in [0.05, 0.1) is 0 Å². The normalized spacial score (nSPS) is 24.4. The quantitative estimate of drug-likeness (QED) is 0.873. The summed E-state index contributed by atoms with van der Waals surface area (Å²) in [5.74, 6) is 1.52. The van der Waals surface area contributed by atoms with E-state index in [0.717, 1.165) is 36.3 Å². The summed E-state index contributed by atoms with van der Waals surface area (Å²) >= 11 is 0. The number of anilines is 1. The second-order valence-corrected chi connectivity index (χ2v) is 5.90. The van der Waals surface area contributed by atoms with Crippen molar-refractivity contribution in [2.45, 2.75) is 40.7 Å². The number of rotatable bonds is 2. The predicted molar refractivity (Wildman–Crippen MR) is 76.8 cm³/mol. The van der Waals surface area contributed by atoms with Crippen LogP contribution in [0.5, 0.6) is 0 Å². The van der Waals surface area contributed by atoms with Gasteiger partial charge in [-0.1, -0.05) is 13.8 Å². The molecular formula is C15H25N3. The first kappa shape index (κ1) is 13.3. The van der Waals surface area contributed by atoms with Crippen LogP contribution in [0.25, 0.3) is 0 Å². The van der Waals surface area contributed by atoms with Crippen molar-refractivity contribution in [3.8, 4) is 0 Å². The van der Waals surface area contributed by atoms with Crippen LogP contribution in [-0.2, 0) is 6.54 Å². The van der Waals surface area contributed by atoms with Crippen molar-refractivity contribution in [1.82, 2.24) is 4.98 Å². The molecule has 1 saturated heterocycles. The molecule has 0 aliphatic carbocycles. The van der Waals surface area contributed by atoms with Crippen LogP contribution in [0.3, 0.4) is 0 Å². The molecule has 1 aromatic rings. The van der Waals surface area contributed by atoms with E-state index in [9.17, 15) is 0 Å². The largest absolute Gasteiger partial charge is 0.371 e. The monoisotopic (exact) mass is 247 g/mol. The highest BCUT2D eigenvalue weighted by Gasteiger charge is 2.24. The van der Waals surface area contributed by atoms with Gasteiger partial charge in [0.2, 0.25) is 0 Å². The highest BCUT2D eigenvalue weighted by molar-refractivity contribution is 5.56. The molecule has 18 heavy (non-hydrogen) atoms. The fourth-order valence-electron chi connectivity index (χ4n) is 3.23. The van der Waals surface area contributed by atoms with Gasteiger partial charge in [-0.3, -0.25) is 4.98 Å². The molecule has 0 radical (unpaired) electrons. The molecule has 0 saturated carbocycles. The molecule has 100 valence electrons. The van der Waals surface area contributed by atoms with Gasteiger partial charge in [0.25, 0.3) is 0 Å². The first-order chi connectivity index (χ1) is 8.51. The van der Waals surface area contributed by atoms with E-state index in [1.807, 2.05) is 0 Å². The summed E-state index contributed by atoms with van der Waals surface area (Å²) in [7, 11) is 0. The minimum Gasteiger partial charge on any atom is -0.371 e. The molecule has 0 aromatic carbocycles. The average molecular weight is 247 g/mol. The van der Waals surface area contributed by atoms with Gasteiger partial charge < -0.3 is 10.6 Å². The number of piperidine rings is 1. The maximum atomic E-state index is 5.91. The summed E-state index contributed by atoms with van der Waals surface area (Å²) in [6.45, 7) is 11.7. The van der Waals surface area contributed by atoms with E-state index in [1.54, 1.807) is 0 Å². The SMILES string of the molecule is Cc1cc(N2CC(C)CC(C)C2)c(CN)c(C)n1. The Kier molecular flexibility index (Phi) is 3.91. The third kappa shape index (κ3) is 2.66. The minimum absolute atomic E-state index is 0.577. The topological polar surface area (TPSA) is 42.1 Å². The molecule has 0 bridgehead atoms. The standard InChI is InChI=1S/C15H25N3/c1-10-5-11(2)9-18(8-10)15-6-12(3)17-13(4)14(15)7-16/h6,10-11H,5,7-9,16H2,1-4H3. The zero-order valence-corrected chi connectivity index (χ0v) is 12.0. The summed E-state index contributed by atoms with van der Waals surface area (Å²) in [6, 6.07) is 2.19. The van der Waals surface area contributed by atoms with Crippen LogP contribution in [0.15, 0.2) is 6.07 Å². The summed E-state index contributed by atoms with van der Waals surface area (Å²) in [5.41, 5.74) is 10.6. The fourth-order valence-corrected chi connectivity index (χ4v) is 3.23. The van der Waals surface area contributed by atoms with E-state index in [0.29, 0.717) is 6.54 Å². The zero-order valence-electron chi connectivity index (χ0n) is 12.0. The highest BCUT2D eigenvalue weighted by Crippen LogP contribution is 2.30. The van der Waals surface area contributed by atoms with Crippen molar-refractivity contribution in [3.63, 3.8) is 0 Å². The van der Waals surface area contributed by atoms with Crippen LogP contribution < -0.4 is 10.6 Å². The van der Waals surface area contributed by atoms with Gasteiger partial charge in [0.1, 0.15) is 0 Å². The summed E-state index contributed by atoms with van der Waals surface area (Å²) in [4.78, 5) is 7.03. The van der Waals surface area contributed by atoms with E-state index in [4.69, 9.17) is 5.73 Å². The summed E-state index contributed by atoms with van der Waals surface area (Å²) in [6.07, 6.45) is 1.33. The number of nitrogens with zero attached hydrogens (tertiary/aromatic N) is 2. The molecule has 1 aromatic heterocycles. The van der Waals surface area contributed by atoms with Crippen molar-refractivity contribution in [1.29, 1.82) is 0 Å². The van der Waals surface area contributed by atoms with Gasteiger partial charge >= 0.3 is 0 Å². The van der Waals surface area contributed by atoms with Gasteiger partial charge in [-0.05, 0) is 38.2 Å². The first-order valence-corrected chi connectivity index (χ1v) is 6.93. The number of pyridine rings is 1. The second kappa shape index (κ2) is 5.27. The maximum Gasteiger partial charge on any atom is 0.0448 e. The Hall–Kier alpha value is -1.09. The van der Waals surface area contributed by atoms with Crippen LogP contribution in [0, 0.1) is 25.7 Å². The summed E-state index contributed by atoms with van der Waals surface area (Å²) in [5, 5.41) is 0. The third-order valence-corrected chi connectivity index (χ3v) is 3.85. The molecule has 2 unspecified atom stereocenters. The molecular weight excluding hydrogens is 222 g/mol. The molecule has 2 rings (SSSR count).